The van der Waals surface area contributed by atoms with Crippen LogP contribution < -0.4 is 5.32 Å². The number of hydrogen-bond acceptors (Lipinski definition) is 5. The number of pyridine rings is 1. The van der Waals surface area contributed by atoms with Crippen LogP contribution in [0.25, 0.3) is 0 Å². The highest BCUT2D eigenvalue weighted by molar-refractivity contribution is 7.89. The number of nitrogens with one attached hydrogen (secondary N) is 1. The molecule has 0 unspecified atom stereocenters. The summed E-state index contributed by atoms with van der Waals surface area (Å²) in [5.41, 5.74) is 0.987. The Bertz CT molecular complexity index is 617. The fourth-order valence-electron chi connectivity index (χ4n) is 2.21. The Labute approximate surface area is 127 Å². The lowest BCUT2D eigenvalue weighted by Gasteiger charge is -2.25. The van der Waals surface area contributed by atoms with Gasteiger partial charge >= 0.3 is 0 Å². The number of aromatic nitrogens is 1. The van der Waals surface area contributed by atoms with E-state index in [4.69, 9.17) is 0 Å². The fraction of sp³-hybridized carbons (Fsp3) is 0.615. The first-order chi connectivity index (χ1) is 10.1. The van der Waals surface area contributed by atoms with Crippen LogP contribution >= 0.6 is 0 Å². The summed E-state index contributed by atoms with van der Waals surface area (Å²) in [5, 5.41) is 3.44. The first kappa shape index (κ1) is 15.1. The van der Waals surface area contributed by atoms with Crippen LogP contribution in [0.2, 0.25) is 0 Å². The van der Waals surface area contributed by atoms with Gasteiger partial charge in [-0.1, -0.05) is 6.07 Å². The molecule has 1 saturated heterocycles. The molecule has 0 amide bonds. The van der Waals surface area contributed by atoms with Crippen molar-refractivity contribution in [2.24, 2.45) is 0 Å². The predicted octanol–water partition coefficient (Wildman–Crippen LogP) is 0.0866. The molecule has 116 valence electrons. The summed E-state index contributed by atoms with van der Waals surface area (Å²) in [5.74, 6) is 0.811. The Kier molecular flexibility index (Phi) is 4.39. The zero-order chi connectivity index (χ0) is 14.9. The van der Waals surface area contributed by atoms with Gasteiger partial charge in [0.2, 0.25) is 0 Å². The van der Waals surface area contributed by atoms with E-state index in [9.17, 15) is 12.6 Å². The molecule has 1 aliphatic heterocycles. The van der Waals surface area contributed by atoms with Gasteiger partial charge in [-0.2, -0.15) is 4.31 Å². The van der Waals surface area contributed by atoms with E-state index in [0.29, 0.717) is 30.6 Å². The Balaban J connectivity index is 1.68. The molecule has 0 bridgehead atoms. The molecule has 2 aliphatic rings. The quantitative estimate of drug-likeness (QED) is 0.828. The summed E-state index contributed by atoms with van der Waals surface area (Å²) in [4.78, 5) is 4.10. The van der Waals surface area contributed by atoms with Crippen LogP contribution in [-0.4, -0.2) is 52.6 Å². The van der Waals surface area contributed by atoms with Crippen molar-refractivity contribution in [1.29, 1.82) is 0 Å². The number of hydrogen-bond donors (Lipinski definition) is 1. The third-order valence-electron chi connectivity index (χ3n) is 3.71. The Hall–Kier alpha value is -0.830. The van der Waals surface area contributed by atoms with Crippen molar-refractivity contribution in [3.8, 4) is 0 Å². The van der Waals surface area contributed by atoms with Crippen molar-refractivity contribution < 1.29 is 12.6 Å². The van der Waals surface area contributed by atoms with E-state index in [-0.39, 0.29) is 5.03 Å². The van der Waals surface area contributed by atoms with E-state index in [1.807, 2.05) is 0 Å². The van der Waals surface area contributed by atoms with Gasteiger partial charge < -0.3 is 5.32 Å². The number of sulfonamides is 1. The molecule has 6 nitrogen and oxygen atoms in total. The summed E-state index contributed by atoms with van der Waals surface area (Å²) < 4.78 is 37.5. The van der Waals surface area contributed by atoms with Crippen molar-refractivity contribution in [2.75, 3.05) is 24.6 Å². The summed E-state index contributed by atoms with van der Waals surface area (Å²) in [6.45, 7) is 1.34. The Morgan fingerprint density at radius 2 is 2.00 bits per heavy atom. The van der Waals surface area contributed by atoms with Gasteiger partial charge in [-0.3, -0.25) is 4.21 Å². The molecular formula is C13H19N3O3S2. The zero-order valence-electron chi connectivity index (χ0n) is 11.7. The second kappa shape index (κ2) is 6.12. The molecule has 2 fully saturated rings. The van der Waals surface area contributed by atoms with Gasteiger partial charge in [0, 0.05) is 54.2 Å². The first-order valence-corrected chi connectivity index (χ1v) is 10.0. The van der Waals surface area contributed by atoms with Crippen molar-refractivity contribution in [1.82, 2.24) is 14.6 Å². The van der Waals surface area contributed by atoms with Crippen LogP contribution in [0.1, 0.15) is 18.4 Å². The molecule has 1 saturated carbocycles. The molecule has 1 aliphatic carbocycles. The van der Waals surface area contributed by atoms with Crippen molar-refractivity contribution in [3.05, 3.63) is 23.9 Å². The van der Waals surface area contributed by atoms with Crippen LogP contribution in [-0.2, 0) is 27.4 Å². The maximum Gasteiger partial charge on any atom is 0.260 e. The molecule has 2 heterocycles. The highest BCUT2D eigenvalue weighted by atomic mass is 32.2. The maximum absolute atomic E-state index is 12.4. The predicted molar refractivity (Wildman–Crippen MR) is 80.7 cm³/mol. The minimum atomic E-state index is -3.55. The van der Waals surface area contributed by atoms with Crippen LogP contribution in [0.15, 0.2) is 23.4 Å². The lowest BCUT2D eigenvalue weighted by Crippen LogP contribution is -2.41. The van der Waals surface area contributed by atoms with Crippen LogP contribution in [0.5, 0.6) is 0 Å². The molecule has 0 aromatic carbocycles. The van der Waals surface area contributed by atoms with E-state index in [1.54, 1.807) is 18.3 Å². The van der Waals surface area contributed by atoms with Gasteiger partial charge in [0.25, 0.3) is 10.0 Å². The molecule has 8 heteroatoms. The minimum Gasteiger partial charge on any atom is -0.310 e. The Morgan fingerprint density at radius 1 is 1.29 bits per heavy atom. The molecule has 0 spiro atoms. The van der Waals surface area contributed by atoms with Gasteiger partial charge in [0.1, 0.15) is 0 Å². The second-order valence-corrected chi connectivity index (χ2v) is 8.99. The molecular weight excluding hydrogens is 310 g/mol. The van der Waals surface area contributed by atoms with Gasteiger partial charge in [-0.15, -0.1) is 0 Å². The molecule has 0 atom stereocenters. The van der Waals surface area contributed by atoms with Crippen LogP contribution in [0, 0.1) is 0 Å². The highest BCUT2D eigenvalue weighted by Gasteiger charge is 2.29. The zero-order valence-corrected chi connectivity index (χ0v) is 13.3. The Morgan fingerprint density at radius 3 is 2.57 bits per heavy atom. The minimum absolute atomic E-state index is 0.0744. The van der Waals surface area contributed by atoms with Crippen molar-refractivity contribution in [2.45, 2.75) is 30.5 Å². The van der Waals surface area contributed by atoms with Crippen molar-refractivity contribution in [3.63, 3.8) is 0 Å². The van der Waals surface area contributed by atoms with Gasteiger partial charge in [0.15, 0.2) is 5.03 Å². The SMILES string of the molecule is O=S1CCN(S(=O)(=O)c2ccc(CNC3CC3)cn2)CC1. The monoisotopic (exact) mass is 329 g/mol. The average Bonchev–Trinajstić information content (AvgIpc) is 3.30. The molecule has 21 heavy (non-hydrogen) atoms. The summed E-state index contributed by atoms with van der Waals surface area (Å²) in [7, 11) is -4.45. The van der Waals surface area contributed by atoms with Crippen LogP contribution in [0.4, 0.5) is 0 Å². The van der Waals surface area contributed by atoms with E-state index >= 15 is 0 Å². The van der Waals surface area contributed by atoms with E-state index < -0.39 is 20.8 Å². The van der Waals surface area contributed by atoms with Gasteiger partial charge in [-0.25, -0.2) is 13.4 Å². The number of rotatable bonds is 5. The first-order valence-electron chi connectivity index (χ1n) is 7.09. The lowest BCUT2D eigenvalue weighted by atomic mass is 10.3. The lowest BCUT2D eigenvalue weighted by molar-refractivity contribution is 0.436. The largest absolute Gasteiger partial charge is 0.310 e. The second-order valence-electron chi connectivity index (χ2n) is 5.41. The maximum atomic E-state index is 12.4. The molecule has 1 aromatic rings. The smallest absolute Gasteiger partial charge is 0.260 e. The van der Waals surface area contributed by atoms with Crippen LogP contribution in [0.3, 0.4) is 0 Å². The average molecular weight is 329 g/mol. The molecule has 1 aromatic heterocycles. The van der Waals surface area contributed by atoms with E-state index in [2.05, 4.69) is 10.3 Å². The molecule has 1 N–H and O–H groups in total. The normalized spacial score (nSPS) is 21.5. The highest BCUT2D eigenvalue weighted by Crippen LogP contribution is 2.20. The standard InChI is InChI=1S/C13H19N3O3S2/c17-20-7-5-16(6-8-20)21(18,19)13-4-1-11(10-15-13)9-14-12-2-3-12/h1,4,10,12,14H,2-3,5-9H2. The topological polar surface area (TPSA) is 79.4 Å². The molecule has 0 radical (unpaired) electrons. The fourth-order valence-corrected chi connectivity index (χ4v) is 4.85. The van der Waals surface area contributed by atoms with Gasteiger partial charge in [0.05, 0.1) is 0 Å². The van der Waals surface area contributed by atoms with Crippen molar-refractivity contribution >= 4 is 20.8 Å². The molecule has 3 rings (SSSR count). The summed E-state index contributed by atoms with van der Waals surface area (Å²) >= 11 is 0. The van der Waals surface area contributed by atoms with E-state index in [0.717, 1.165) is 12.1 Å². The number of nitrogens with zero attached hydrogens (tertiary/aromatic N) is 2. The third-order valence-corrected chi connectivity index (χ3v) is 6.80. The van der Waals surface area contributed by atoms with E-state index in [1.165, 1.54) is 17.1 Å². The summed E-state index contributed by atoms with van der Waals surface area (Å²) in [6.07, 6.45) is 4.05. The third kappa shape index (κ3) is 3.68. The van der Waals surface area contributed by atoms with Gasteiger partial charge in [-0.05, 0) is 24.5 Å². The summed E-state index contributed by atoms with van der Waals surface area (Å²) in [6, 6.07) is 3.98.